The molecule has 2 fully saturated rings. The van der Waals surface area contributed by atoms with E-state index in [1.54, 1.807) is 12.1 Å². The Balaban J connectivity index is 1.94. The minimum absolute atomic E-state index is 0.203. The third-order valence-corrected chi connectivity index (χ3v) is 4.90. The van der Waals surface area contributed by atoms with Gasteiger partial charge in [0.15, 0.2) is 0 Å². The van der Waals surface area contributed by atoms with Crippen LogP contribution in [0.2, 0.25) is 0 Å². The fraction of sp³-hybridized carbons (Fsp3) is 0.588. The van der Waals surface area contributed by atoms with Crippen LogP contribution < -0.4 is 5.32 Å². The molecule has 1 aromatic carbocycles. The van der Waals surface area contributed by atoms with E-state index in [1.807, 2.05) is 11.0 Å². The zero-order valence-corrected chi connectivity index (χ0v) is 12.4. The molecule has 0 spiro atoms. The third-order valence-electron chi connectivity index (χ3n) is 4.90. The molecule has 1 N–H and O–H groups in total. The second-order valence-corrected chi connectivity index (χ2v) is 6.20. The summed E-state index contributed by atoms with van der Waals surface area (Å²) in [5.41, 5.74) is 0.364. The summed E-state index contributed by atoms with van der Waals surface area (Å²) in [4.78, 5) is 15.1. The van der Waals surface area contributed by atoms with Gasteiger partial charge >= 0.3 is 0 Å². The lowest BCUT2D eigenvalue weighted by atomic mass is 9.68. The Hall–Kier alpha value is -1.42. The molecule has 3 rings (SSSR count). The highest BCUT2D eigenvalue weighted by Crippen LogP contribution is 2.41. The quantitative estimate of drug-likeness (QED) is 0.907. The Morgan fingerprint density at radius 3 is 2.52 bits per heavy atom. The molecule has 1 aliphatic carbocycles. The molecule has 3 nitrogen and oxygen atoms in total. The van der Waals surface area contributed by atoms with Gasteiger partial charge in [-0.05, 0) is 30.5 Å². The van der Waals surface area contributed by atoms with Crippen molar-refractivity contribution in [2.45, 2.75) is 37.5 Å². The van der Waals surface area contributed by atoms with E-state index in [0.717, 1.165) is 57.4 Å². The Bertz CT molecular complexity index is 505. The number of halogens is 1. The average Bonchev–Trinajstić information content (AvgIpc) is 2.55. The minimum Gasteiger partial charge on any atom is -0.339 e. The molecule has 1 saturated heterocycles. The fourth-order valence-corrected chi connectivity index (χ4v) is 3.74. The second-order valence-electron chi connectivity index (χ2n) is 6.20. The van der Waals surface area contributed by atoms with Gasteiger partial charge < -0.3 is 10.2 Å². The van der Waals surface area contributed by atoms with Crippen LogP contribution in [0.4, 0.5) is 4.39 Å². The van der Waals surface area contributed by atoms with Gasteiger partial charge in [0.25, 0.3) is 0 Å². The van der Waals surface area contributed by atoms with Crippen LogP contribution in [-0.4, -0.2) is 37.0 Å². The van der Waals surface area contributed by atoms with Crippen LogP contribution in [0.15, 0.2) is 24.3 Å². The summed E-state index contributed by atoms with van der Waals surface area (Å²) >= 11 is 0. The number of rotatable bonds is 2. The van der Waals surface area contributed by atoms with Crippen LogP contribution in [-0.2, 0) is 10.2 Å². The summed E-state index contributed by atoms with van der Waals surface area (Å²) in [6.07, 6.45) is 4.97. The molecule has 4 heteroatoms. The summed E-state index contributed by atoms with van der Waals surface area (Å²) < 4.78 is 13.7. The topological polar surface area (TPSA) is 32.3 Å². The van der Waals surface area contributed by atoms with E-state index >= 15 is 0 Å². The van der Waals surface area contributed by atoms with Gasteiger partial charge in [-0.2, -0.15) is 0 Å². The second kappa shape index (κ2) is 6.14. The monoisotopic (exact) mass is 290 g/mol. The maximum atomic E-state index is 13.7. The van der Waals surface area contributed by atoms with Crippen LogP contribution in [0.1, 0.15) is 37.7 Å². The fourth-order valence-electron chi connectivity index (χ4n) is 3.74. The van der Waals surface area contributed by atoms with Crippen molar-refractivity contribution in [3.05, 3.63) is 35.6 Å². The van der Waals surface area contributed by atoms with Crippen molar-refractivity contribution in [1.82, 2.24) is 10.2 Å². The first kappa shape index (κ1) is 14.5. The lowest BCUT2D eigenvalue weighted by molar-refractivity contribution is -0.139. The van der Waals surface area contributed by atoms with Crippen LogP contribution in [0, 0.1) is 5.82 Å². The zero-order chi connectivity index (χ0) is 14.7. The number of benzene rings is 1. The smallest absolute Gasteiger partial charge is 0.233 e. The van der Waals surface area contributed by atoms with Gasteiger partial charge in [-0.1, -0.05) is 31.4 Å². The summed E-state index contributed by atoms with van der Waals surface area (Å²) in [5, 5.41) is 3.28. The third kappa shape index (κ3) is 2.82. The molecule has 1 heterocycles. The van der Waals surface area contributed by atoms with Crippen LogP contribution >= 0.6 is 0 Å². The largest absolute Gasteiger partial charge is 0.339 e. The molecular formula is C17H23FN2O. The van der Waals surface area contributed by atoms with Crippen molar-refractivity contribution in [3.63, 3.8) is 0 Å². The Morgan fingerprint density at radius 2 is 1.86 bits per heavy atom. The summed E-state index contributed by atoms with van der Waals surface area (Å²) in [6.45, 7) is 3.22. The number of nitrogens with zero attached hydrogens (tertiary/aromatic N) is 1. The molecule has 1 aliphatic heterocycles. The molecule has 1 aromatic rings. The lowest BCUT2D eigenvalue weighted by Crippen LogP contribution is -2.54. The van der Waals surface area contributed by atoms with E-state index < -0.39 is 5.41 Å². The molecule has 0 aromatic heterocycles. The van der Waals surface area contributed by atoms with Crippen molar-refractivity contribution in [2.75, 3.05) is 26.2 Å². The van der Waals surface area contributed by atoms with E-state index in [9.17, 15) is 9.18 Å². The molecule has 21 heavy (non-hydrogen) atoms. The van der Waals surface area contributed by atoms with Crippen molar-refractivity contribution < 1.29 is 9.18 Å². The first-order valence-electron chi connectivity index (χ1n) is 7.98. The van der Waals surface area contributed by atoms with E-state index in [-0.39, 0.29) is 11.7 Å². The van der Waals surface area contributed by atoms with Gasteiger partial charge in [0.2, 0.25) is 5.91 Å². The number of hydrogen-bond donors (Lipinski definition) is 1. The molecule has 2 aliphatic rings. The van der Waals surface area contributed by atoms with Crippen molar-refractivity contribution in [1.29, 1.82) is 0 Å². The highest BCUT2D eigenvalue weighted by Gasteiger charge is 2.43. The highest BCUT2D eigenvalue weighted by molar-refractivity contribution is 5.88. The number of carbonyl (C=O) groups excluding carboxylic acids is 1. The summed E-state index contributed by atoms with van der Waals surface area (Å²) in [6, 6.07) is 6.67. The molecule has 1 saturated carbocycles. The number of amides is 1. The Kier molecular flexibility index (Phi) is 4.24. The number of carbonyl (C=O) groups is 1. The van der Waals surface area contributed by atoms with Gasteiger partial charge in [0.1, 0.15) is 5.82 Å². The van der Waals surface area contributed by atoms with E-state index in [1.165, 1.54) is 12.5 Å². The van der Waals surface area contributed by atoms with Gasteiger partial charge in [0.05, 0.1) is 5.41 Å². The highest BCUT2D eigenvalue weighted by atomic mass is 19.1. The predicted molar refractivity (Wildman–Crippen MR) is 80.6 cm³/mol. The maximum Gasteiger partial charge on any atom is 0.233 e. The molecular weight excluding hydrogens is 267 g/mol. The van der Waals surface area contributed by atoms with Crippen molar-refractivity contribution in [2.24, 2.45) is 0 Å². The molecule has 0 radical (unpaired) electrons. The SMILES string of the molecule is O=C(N1CCNCC1)C1(c2cccc(F)c2)CCCCC1. The molecule has 1 amide bonds. The minimum atomic E-state index is -0.502. The van der Waals surface area contributed by atoms with Crippen LogP contribution in [0.3, 0.4) is 0 Å². The normalized spacial score (nSPS) is 22.0. The Morgan fingerprint density at radius 1 is 1.14 bits per heavy atom. The van der Waals surface area contributed by atoms with Gasteiger partial charge in [-0.15, -0.1) is 0 Å². The van der Waals surface area contributed by atoms with Crippen molar-refractivity contribution in [3.8, 4) is 0 Å². The van der Waals surface area contributed by atoms with E-state index in [4.69, 9.17) is 0 Å². The van der Waals surface area contributed by atoms with E-state index in [2.05, 4.69) is 5.32 Å². The first-order chi connectivity index (χ1) is 10.2. The van der Waals surface area contributed by atoms with Gasteiger partial charge in [-0.3, -0.25) is 4.79 Å². The maximum absolute atomic E-state index is 13.7. The molecule has 114 valence electrons. The molecule has 0 unspecified atom stereocenters. The zero-order valence-electron chi connectivity index (χ0n) is 12.4. The van der Waals surface area contributed by atoms with E-state index in [0.29, 0.717) is 0 Å². The lowest BCUT2D eigenvalue weighted by Gasteiger charge is -2.41. The van der Waals surface area contributed by atoms with Gasteiger partial charge in [0, 0.05) is 26.2 Å². The first-order valence-corrected chi connectivity index (χ1v) is 7.98. The van der Waals surface area contributed by atoms with Crippen LogP contribution in [0.25, 0.3) is 0 Å². The number of hydrogen-bond acceptors (Lipinski definition) is 2. The standard InChI is InChI=1S/C17H23FN2O/c18-15-6-4-5-14(13-15)17(7-2-1-3-8-17)16(21)20-11-9-19-10-12-20/h4-6,13,19H,1-3,7-12H2. The van der Waals surface area contributed by atoms with Gasteiger partial charge in [-0.25, -0.2) is 4.39 Å². The number of piperazine rings is 1. The molecule has 0 atom stereocenters. The van der Waals surface area contributed by atoms with Crippen LogP contribution in [0.5, 0.6) is 0 Å². The summed E-state index contributed by atoms with van der Waals surface area (Å²) in [7, 11) is 0. The number of nitrogens with one attached hydrogen (secondary N) is 1. The van der Waals surface area contributed by atoms with Crippen molar-refractivity contribution >= 4 is 5.91 Å². The predicted octanol–water partition coefficient (Wildman–Crippen LogP) is 2.46. The molecule has 0 bridgehead atoms. The Labute approximate surface area is 125 Å². The summed E-state index contributed by atoms with van der Waals surface area (Å²) in [5.74, 6) is -0.0418. The average molecular weight is 290 g/mol.